The number of aldehydes is 1. The van der Waals surface area contributed by atoms with Crippen molar-refractivity contribution in [1.29, 1.82) is 0 Å². The summed E-state index contributed by atoms with van der Waals surface area (Å²) >= 11 is 2.03. The highest BCUT2D eigenvalue weighted by Gasteiger charge is 2.41. The molecule has 1 saturated carbocycles. The van der Waals surface area contributed by atoms with Crippen molar-refractivity contribution in [3.05, 3.63) is 62.7 Å². The van der Waals surface area contributed by atoms with Crippen molar-refractivity contribution >= 4 is 40.7 Å². The van der Waals surface area contributed by atoms with Gasteiger partial charge in [-0.3, -0.25) is 14.4 Å². The zero-order chi connectivity index (χ0) is 32.3. The molecule has 2 aliphatic rings. The van der Waals surface area contributed by atoms with E-state index in [9.17, 15) is 24.6 Å². The van der Waals surface area contributed by atoms with Crippen molar-refractivity contribution in [2.75, 3.05) is 33.9 Å². The summed E-state index contributed by atoms with van der Waals surface area (Å²) in [4.78, 5) is 40.4. The molecule has 3 N–H and O–H groups in total. The van der Waals surface area contributed by atoms with Gasteiger partial charge in [0.15, 0.2) is 11.5 Å². The largest absolute Gasteiger partial charge is 0.496 e. The summed E-state index contributed by atoms with van der Waals surface area (Å²) in [5.74, 6) is 1.35. The Morgan fingerprint density at radius 1 is 1.11 bits per heavy atom. The fourth-order valence-electron chi connectivity index (χ4n) is 6.23. The Morgan fingerprint density at radius 2 is 1.84 bits per heavy atom. The third kappa shape index (κ3) is 8.98. The Hall–Kier alpha value is -3.16. The van der Waals surface area contributed by atoms with E-state index in [0.717, 1.165) is 24.8 Å². The molecule has 0 bridgehead atoms. The van der Waals surface area contributed by atoms with Gasteiger partial charge in [-0.2, -0.15) is 0 Å². The normalized spacial score (nSPS) is 19.8. The standard InChI is InChI=1S/C34H43IN2O8/c1-43-28-10-6-5-9-24(28)13-15-37(31(40)12-11-22-7-3-4-8-22)27-19-25(34(42)36-14-16-38)20-29(32(27)41)45-33-26(35)17-23(21-39)18-30(33)44-2/h5-6,9-10,17-18,20-22,27,29,32,38,41H,3-4,7-8,11-16,19H2,1-2H3,(H,36,42)/t27-,29+,32+/m1/s1. The fraction of sp³-hybridized carbons (Fsp3) is 0.500. The van der Waals surface area contributed by atoms with E-state index in [0.29, 0.717) is 63.5 Å². The Kier molecular flexibility index (Phi) is 13.1. The first-order chi connectivity index (χ1) is 21.8. The molecule has 0 heterocycles. The maximum Gasteiger partial charge on any atom is 0.247 e. The van der Waals surface area contributed by atoms with Crippen LogP contribution >= 0.6 is 22.6 Å². The van der Waals surface area contributed by atoms with E-state index >= 15 is 0 Å². The predicted octanol–water partition coefficient (Wildman–Crippen LogP) is 4.08. The molecular formula is C34H43IN2O8. The first kappa shape index (κ1) is 34.7. The molecule has 1 fully saturated rings. The molecule has 10 nitrogen and oxygen atoms in total. The van der Waals surface area contributed by atoms with Crippen LogP contribution < -0.4 is 19.5 Å². The number of carbonyl (C=O) groups is 3. The predicted molar refractivity (Wildman–Crippen MR) is 178 cm³/mol. The Bertz CT molecular complexity index is 1360. The van der Waals surface area contributed by atoms with Crippen LogP contribution in [0.2, 0.25) is 0 Å². The second-order valence-corrected chi connectivity index (χ2v) is 12.7. The fourth-order valence-corrected chi connectivity index (χ4v) is 6.99. The van der Waals surface area contributed by atoms with Crippen LogP contribution in [0.5, 0.6) is 17.2 Å². The lowest BCUT2D eigenvalue weighted by molar-refractivity contribution is -0.138. The van der Waals surface area contributed by atoms with Crippen molar-refractivity contribution in [1.82, 2.24) is 10.2 Å². The van der Waals surface area contributed by atoms with E-state index < -0.39 is 24.2 Å². The van der Waals surface area contributed by atoms with Crippen LogP contribution in [0, 0.1) is 9.49 Å². The van der Waals surface area contributed by atoms with Crippen molar-refractivity contribution < 1.29 is 38.8 Å². The summed E-state index contributed by atoms with van der Waals surface area (Å²) in [6, 6.07) is 10.1. The highest BCUT2D eigenvalue weighted by molar-refractivity contribution is 14.1. The Labute approximate surface area is 278 Å². The van der Waals surface area contributed by atoms with Gasteiger partial charge in [-0.25, -0.2) is 0 Å². The van der Waals surface area contributed by atoms with Crippen LogP contribution in [-0.2, 0) is 16.0 Å². The first-order valence-corrected chi connectivity index (χ1v) is 16.6. The first-order valence-electron chi connectivity index (χ1n) is 15.5. The van der Waals surface area contributed by atoms with Gasteiger partial charge in [0.25, 0.3) is 0 Å². The van der Waals surface area contributed by atoms with Crippen LogP contribution in [0.15, 0.2) is 48.0 Å². The molecule has 244 valence electrons. The topological polar surface area (TPSA) is 135 Å². The number of aliphatic hydroxyl groups is 2. The number of benzene rings is 2. The summed E-state index contributed by atoms with van der Waals surface area (Å²) in [5.41, 5.74) is 1.67. The van der Waals surface area contributed by atoms with E-state index in [2.05, 4.69) is 5.32 Å². The van der Waals surface area contributed by atoms with Gasteiger partial charge < -0.3 is 34.6 Å². The van der Waals surface area contributed by atoms with Gasteiger partial charge in [0.2, 0.25) is 11.8 Å². The van der Waals surface area contributed by atoms with Gasteiger partial charge >= 0.3 is 0 Å². The Balaban J connectivity index is 1.68. The number of hydrogen-bond acceptors (Lipinski definition) is 8. The molecule has 45 heavy (non-hydrogen) atoms. The lowest BCUT2D eigenvalue weighted by Gasteiger charge is -2.41. The molecule has 2 aromatic rings. The second kappa shape index (κ2) is 17.0. The quantitative estimate of drug-likeness (QED) is 0.184. The van der Waals surface area contributed by atoms with Crippen molar-refractivity contribution in [2.24, 2.45) is 5.92 Å². The van der Waals surface area contributed by atoms with Crippen molar-refractivity contribution in [2.45, 2.75) is 69.6 Å². The number of halogens is 1. The second-order valence-electron chi connectivity index (χ2n) is 11.5. The molecule has 2 aromatic carbocycles. The number of rotatable bonds is 15. The zero-order valence-corrected chi connectivity index (χ0v) is 28.0. The van der Waals surface area contributed by atoms with E-state index in [1.54, 1.807) is 30.2 Å². The van der Waals surface area contributed by atoms with Gasteiger partial charge in [0.05, 0.1) is 30.4 Å². The number of amides is 2. The van der Waals surface area contributed by atoms with Gasteiger partial charge in [0, 0.05) is 37.1 Å². The van der Waals surface area contributed by atoms with Crippen LogP contribution in [0.4, 0.5) is 0 Å². The van der Waals surface area contributed by atoms with Crippen LogP contribution in [0.3, 0.4) is 0 Å². The number of carbonyl (C=O) groups excluding carboxylic acids is 3. The minimum absolute atomic E-state index is 0.0611. The minimum Gasteiger partial charge on any atom is -0.496 e. The van der Waals surface area contributed by atoms with Gasteiger partial charge in [-0.15, -0.1) is 0 Å². The molecule has 0 aromatic heterocycles. The summed E-state index contributed by atoms with van der Waals surface area (Å²) < 4.78 is 18.0. The van der Waals surface area contributed by atoms with Crippen LogP contribution in [-0.4, -0.2) is 85.4 Å². The number of ether oxygens (including phenoxy) is 3. The summed E-state index contributed by atoms with van der Waals surface area (Å²) in [7, 11) is 3.06. The molecular weight excluding hydrogens is 691 g/mol. The summed E-state index contributed by atoms with van der Waals surface area (Å²) in [6.07, 6.45) is 6.42. The van der Waals surface area contributed by atoms with E-state index in [-0.39, 0.29) is 25.5 Å². The molecule has 0 saturated heterocycles. The molecule has 3 atom stereocenters. The monoisotopic (exact) mass is 734 g/mol. The molecule has 4 rings (SSSR count). The number of aliphatic hydroxyl groups excluding tert-OH is 2. The van der Waals surface area contributed by atoms with E-state index in [1.165, 1.54) is 20.0 Å². The molecule has 11 heteroatoms. The molecule has 0 spiro atoms. The maximum absolute atomic E-state index is 14.0. The van der Waals surface area contributed by atoms with Crippen molar-refractivity contribution in [3.8, 4) is 17.2 Å². The molecule has 2 aliphatic carbocycles. The highest BCUT2D eigenvalue weighted by Crippen LogP contribution is 2.37. The number of para-hydroxylation sites is 1. The molecule has 2 amide bonds. The average Bonchev–Trinajstić information content (AvgIpc) is 3.58. The molecule has 0 aliphatic heterocycles. The molecule has 0 radical (unpaired) electrons. The number of nitrogens with one attached hydrogen (secondary N) is 1. The lowest BCUT2D eigenvalue weighted by atomic mass is 9.87. The smallest absolute Gasteiger partial charge is 0.247 e. The van der Waals surface area contributed by atoms with E-state index in [4.69, 9.17) is 14.2 Å². The van der Waals surface area contributed by atoms with Gasteiger partial charge in [0.1, 0.15) is 24.2 Å². The van der Waals surface area contributed by atoms with Crippen LogP contribution in [0.1, 0.15) is 60.9 Å². The Morgan fingerprint density at radius 3 is 2.53 bits per heavy atom. The summed E-state index contributed by atoms with van der Waals surface area (Å²) in [5, 5.41) is 23.9. The van der Waals surface area contributed by atoms with Crippen molar-refractivity contribution in [3.63, 3.8) is 0 Å². The van der Waals surface area contributed by atoms with E-state index in [1.807, 2.05) is 46.9 Å². The third-order valence-electron chi connectivity index (χ3n) is 8.63. The third-order valence-corrected chi connectivity index (χ3v) is 9.43. The molecule has 0 unspecified atom stereocenters. The maximum atomic E-state index is 14.0. The number of methoxy groups -OCH3 is 2. The minimum atomic E-state index is -1.18. The average molecular weight is 735 g/mol. The number of hydrogen-bond donors (Lipinski definition) is 3. The SMILES string of the molecule is COc1ccccc1CCN(C(=O)CCC1CCCC1)[C@@H]1CC(C(=O)NCCO)=C[C@H](Oc2c(I)cc(C=O)cc2OC)[C@H]1O. The number of nitrogens with zero attached hydrogens (tertiary/aromatic N) is 1. The van der Waals surface area contributed by atoms with Gasteiger partial charge in [-0.1, -0.05) is 43.9 Å². The summed E-state index contributed by atoms with van der Waals surface area (Å²) in [6.45, 7) is 0.137. The lowest BCUT2D eigenvalue weighted by Crippen LogP contribution is -2.55. The highest BCUT2D eigenvalue weighted by atomic mass is 127. The van der Waals surface area contributed by atoms with Gasteiger partial charge in [-0.05, 0) is 71.2 Å². The van der Waals surface area contributed by atoms with Crippen LogP contribution in [0.25, 0.3) is 0 Å². The zero-order valence-electron chi connectivity index (χ0n) is 25.9.